The molecule has 0 heterocycles. The van der Waals surface area contributed by atoms with Gasteiger partial charge in [0.05, 0.1) is 7.11 Å². The molecule has 23 heavy (non-hydrogen) atoms. The van der Waals surface area contributed by atoms with Crippen LogP contribution in [0.5, 0.6) is 23.0 Å². The Labute approximate surface area is 142 Å². The highest BCUT2D eigenvalue weighted by Crippen LogP contribution is 2.34. The Morgan fingerprint density at radius 1 is 1.00 bits per heavy atom. The van der Waals surface area contributed by atoms with Crippen LogP contribution in [0.1, 0.15) is 0 Å². The zero-order chi connectivity index (χ0) is 16.1. The Bertz CT molecular complexity index is 646. The molecule has 2 rings (SSSR count). The van der Waals surface area contributed by atoms with Crippen molar-refractivity contribution in [1.82, 2.24) is 4.90 Å². The van der Waals surface area contributed by atoms with Gasteiger partial charge in [0.2, 0.25) is 0 Å². The molecule has 0 saturated carbocycles. The fourth-order valence-electron chi connectivity index (χ4n) is 2.03. The molecule has 0 radical (unpaired) electrons. The number of rotatable bonds is 6. The van der Waals surface area contributed by atoms with Gasteiger partial charge in [-0.05, 0) is 49.5 Å². The van der Waals surface area contributed by atoms with Gasteiger partial charge in [0, 0.05) is 12.6 Å². The minimum absolute atomic E-state index is 0. The number of aromatic hydroxyl groups is 2. The predicted molar refractivity (Wildman–Crippen MR) is 93.1 cm³/mol. The third kappa shape index (κ3) is 5.23. The first kappa shape index (κ1) is 18.9. The van der Waals surface area contributed by atoms with Crippen LogP contribution in [0.25, 0.3) is 11.1 Å². The van der Waals surface area contributed by atoms with Gasteiger partial charge >= 0.3 is 0 Å². The summed E-state index contributed by atoms with van der Waals surface area (Å²) in [5.74, 6) is 1.18. The summed E-state index contributed by atoms with van der Waals surface area (Å²) < 4.78 is 10.7. The number of halogens is 1. The number of nitrogens with zero attached hydrogens (tertiary/aromatic N) is 1. The molecular formula is C17H22ClNO4. The van der Waals surface area contributed by atoms with Gasteiger partial charge < -0.3 is 24.6 Å². The van der Waals surface area contributed by atoms with Crippen molar-refractivity contribution in [3.63, 3.8) is 0 Å². The van der Waals surface area contributed by atoms with Gasteiger partial charge in [0.1, 0.15) is 18.1 Å². The second kappa shape index (κ2) is 8.50. The van der Waals surface area contributed by atoms with E-state index >= 15 is 0 Å². The number of methoxy groups -OCH3 is 1. The smallest absolute Gasteiger partial charge is 0.161 e. The van der Waals surface area contributed by atoms with E-state index in [2.05, 4.69) is 0 Å². The molecule has 0 aliphatic carbocycles. The highest BCUT2D eigenvalue weighted by atomic mass is 35.5. The molecular weight excluding hydrogens is 318 g/mol. The zero-order valence-electron chi connectivity index (χ0n) is 13.4. The van der Waals surface area contributed by atoms with Gasteiger partial charge in [-0.25, -0.2) is 0 Å². The maximum Gasteiger partial charge on any atom is 0.161 e. The van der Waals surface area contributed by atoms with E-state index < -0.39 is 0 Å². The maximum atomic E-state index is 10.1. The second-order valence-corrected chi connectivity index (χ2v) is 5.25. The first-order chi connectivity index (χ1) is 10.5. The molecule has 0 atom stereocenters. The first-order valence-corrected chi connectivity index (χ1v) is 6.98. The molecule has 0 bridgehead atoms. The van der Waals surface area contributed by atoms with Crippen molar-refractivity contribution in [2.24, 2.45) is 0 Å². The summed E-state index contributed by atoms with van der Waals surface area (Å²) in [5, 5.41) is 19.8. The van der Waals surface area contributed by atoms with Crippen LogP contribution in [0.3, 0.4) is 0 Å². The molecule has 6 heteroatoms. The van der Waals surface area contributed by atoms with Gasteiger partial charge in [0.15, 0.2) is 11.5 Å². The van der Waals surface area contributed by atoms with E-state index in [1.165, 1.54) is 13.2 Å². The summed E-state index contributed by atoms with van der Waals surface area (Å²) in [6, 6.07) is 10.1. The van der Waals surface area contributed by atoms with Crippen LogP contribution >= 0.6 is 12.4 Å². The van der Waals surface area contributed by atoms with E-state index in [1.54, 1.807) is 24.3 Å². The number of phenolic OH excluding ortho intramolecular Hbond substituents is 2. The minimum Gasteiger partial charge on any atom is -0.508 e. The summed E-state index contributed by atoms with van der Waals surface area (Å²) in [5.41, 5.74) is 1.53. The molecule has 0 aliphatic rings. The van der Waals surface area contributed by atoms with Gasteiger partial charge in [0.25, 0.3) is 0 Å². The summed E-state index contributed by atoms with van der Waals surface area (Å²) in [6.07, 6.45) is 0. The fraction of sp³-hybridized carbons (Fsp3) is 0.294. The van der Waals surface area contributed by atoms with Crippen molar-refractivity contribution in [2.75, 3.05) is 34.4 Å². The number of benzene rings is 2. The van der Waals surface area contributed by atoms with E-state index in [4.69, 9.17) is 9.47 Å². The van der Waals surface area contributed by atoms with E-state index in [9.17, 15) is 10.2 Å². The number of hydrogen-bond donors (Lipinski definition) is 2. The molecule has 0 amide bonds. The van der Waals surface area contributed by atoms with E-state index in [-0.39, 0.29) is 23.9 Å². The van der Waals surface area contributed by atoms with Crippen LogP contribution in [0.15, 0.2) is 36.4 Å². The lowest BCUT2D eigenvalue weighted by Crippen LogP contribution is -2.19. The van der Waals surface area contributed by atoms with Gasteiger partial charge in [-0.3, -0.25) is 0 Å². The normalized spacial score (nSPS) is 10.3. The first-order valence-electron chi connectivity index (χ1n) is 6.98. The Hall–Kier alpha value is -2.11. The van der Waals surface area contributed by atoms with Gasteiger partial charge in [-0.15, -0.1) is 12.4 Å². The quantitative estimate of drug-likeness (QED) is 0.846. The Morgan fingerprint density at radius 3 is 2.35 bits per heavy atom. The van der Waals surface area contributed by atoms with Crippen LogP contribution in [0.2, 0.25) is 0 Å². The summed E-state index contributed by atoms with van der Waals surface area (Å²) in [4.78, 5) is 2.00. The Morgan fingerprint density at radius 2 is 1.74 bits per heavy atom. The van der Waals surface area contributed by atoms with Crippen molar-refractivity contribution >= 4 is 12.4 Å². The lowest BCUT2D eigenvalue weighted by atomic mass is 10.0. The SMILES string of the molecule is COc1cc(O)cc(-c2ccc(OCCN(C)C)c(O)c2)c1.Cl. The highest BCUT2D eigenvalue weighted by Gasteiger charge is 2.08. The predicted octanol–water partition coefficient (Wildman–Crippen LogP) is 3.14. The molecule has 5 nitrogen and oxygen atoms in total. The molecule has 0 saturated heterocycles. The van der Waals surface area contributed by atoms with Crippen molar-refractivity contribution in [3.8, 4) is 34.1 Å². The Balaban J connectivity index is 0.00000264. The van der Waals surface area contributed by atoms with Gasteiger partial charge in [-0.1, -0.05) is 6.07 Å². The van der Waals surface area contributed by atoms with Gasteiger partial charge in [-0.2, -0.15) is 0 Å². The summed E-state index contributed by atoms with van der Waals surface area (Å²) in [6.45, 7) is 1.27. The van der Waals surface area contributed by atoms with E-state index in [0.717, 1.165) is 17.7 Å². The van der Waals surface area contributed by atoms with Crippen molar-refractivity contribution in [3.05, 3.63) is 36.4 Å². The molecule has 0 spiro atoms. The molecule has 0 aromatic heterocycles. The standard InChI is InChI=1S/C17H21NO4.ClH/c1-18(2)6-7-22-17-5-4-12(10-16(17)20)13-8-14(19)11-15(9-13)21-3;/h4-5,8-11,19-20H,6-7H2,1-3H3;1H. The lowest BCUT2D eigenvalue weighted by Gasteiger charge is -2.13. The third-order valence-corrected chi connectivity index (χ3v) is 3.22. The van der Waals surface area contributed by atoms with Crippen molar-refractivity contribution in [1.29, 1.82) is 0 Å². The topological polar surface area (TPSA) is 62.2 Å². The molecule has 2 aromatic carbocycles. The van der Waals surface area contributed by atoms with E-state index in [0.29, 0.717) is 18.1 Å². The fourth-order valence-corrected chi connectivity index (χ4v) is 2.03. The average molecular weight is 340 g/mol. The highest BCUT2D eigenvalue weighted by molar-refractivity contribution is 5.85. The lowest BCUT2D eigenvalue weighted by molar-refractivity contribution is 0.252. The van der Waals surface area contributed by atoms with E-state index in [1.807, 2.05) is 25.1 Å². The molecule has 126 valence electrons. The molecule has 2 aromatic rings. The van der Waals surface area contributed by atoms with Crippen molar-refractivity contribution < 1.29 is 19.7 Å². The molecule has 2 N–H and O–H groups in total. The van der Waals surface area contributed by atoms with Crippen LogP contribution in [0, 0.1) is 0 Å². The number of ether oxygens (including phenoxy) is 2. The molecule has 0 aliphatic heterocycles. The summed E-state index contributed by atoms with van der Waals surface area (Å²) >= 11 is 0. The third-order valence-electron chi connectivity index (χ3n) is 3.22. The molecule has 0 unspecified atom stereocenters. The van der Waals surface area contributed by atoms with Crippen LogP contribution in [0.4, 0.5) is 0 Å². The average Bonchev–Trinajstić information content (AvgIpc) is 2.47. The van der Waals surface area contributed by atoms with Crippen molar-refractivity contribution in [2.45, 2.75) is 0 Å². The number of phenols is 2. The summed E-state index contributed by atoms with van der Waals surface area (Å²) in [7, 11) is 5.46. The molecule has 0 fully saturated rings. The zero-order valence-corrected chi connectivity index (χ0v) is 14.3. The van der Waals surface area contributed by atoms with Crippen LogP contribution in [-0.2, 0) is 0 Å². The number of hydrogen-bond acceptors (Lipinski definition) is 5. The largest absolute Gasteiger partial charge is 0.508 e. The monoisotopic (exact) mass is 339 g/mol. The maximum absolute atomic E-state index is 10.1. The number of likely N-dealkylation sites (N-methyl/N-ethyl adjacent to an activating group) is 1. The minimum atomic E-state index is 0. The second-order valence-electron chi connectivity index (χ2n) is 5.25. The Kier molecular flexibility index (Phi) is 7.00. The van der Waals surface area contributed by atoms with Crippen LogP contribution in [-0.4, -0.2) is 49.5 Å². The van der Waals surface area contributed by atoms with Crippen LogP contribution < -0.4 is 9.47 Å².